The lowest BCUT2D eigenvalue weighted by molar-refractivity contribution is 0.236. The lowest BCUT2D eigenvalue weighted by atomic mass is 9.94. The van der Waals surface area contributed by atoms with Crippen LogP contribution in [0, 0.1) is 10.8 Å². The first-order chi connectivity index (χ1) is 18.1. The Balaban J connectivity index is 0.00000722. The van der Waals surface area contributed by atoms with Gasteiger partial charge in [0.25, 0.3) is 0 Å². The summed E-state index contributed by atoms with van der Waals surface area (Å²) in [6.45, 7) is 4.25. The molecule has 0 unspecified atom stereocenters. The van der Waals surface area contributed by atoms with Gasteiger partial charge in [0, 0.05) is 25.2 Å². The van der Waals surface area contributed by atoms with Gasteiger partial charge in [0.2, 0.25) is 0 Å². The molecule has 0 aromatic heterocycles. The normalized spacial score (nSPS) is 16.2. The SMILES string of the molecule is I.I.N=C(N)N(CCCCCCCCNCCCCCCCCN(C(=N)N)C1CCCCC1)C1CCCCC1. The van der Waals surface area contributed by atoms with Gasteiger partial charge in [0.05, 0.1) is 0 Å². The second-order valence-corrected chi connectivity index (χ2v) is 11.7. The van der Waals surface area contributed by atoms with Crippen molar-refractivity contribution in [2.24, 2.45) is 11.5 Å². The molecule has 0 aromatic carbocycles. The van der Waals surface area contributed by atoms with Crippen molar-refractivity contribution in [2.45, 2.75) is 153 Å². The summed E-state index contributed by atoms with van der Waals surface area (Å²) in [7, 11) is 0. The topological polar surface area (TPSA) is 118 Å². The number of unbranched alkanes of at least 4 members (excludes halogenated alkanes) is 10. The predicted molar refractivity (Wildman–Crippen MR) is 190 cm³/mol. The number of halogens is 2. The van der Waals surface area contributed by atoms with E-state index >= 15 is 0 Å². The maximum atomic E-state index is 7.92. The number of hydrogen-bond donors (Lipinski definition) is 5. The van der Waals surface area contributed by atoms with Crippen LogP contribution in [-0.2, 0) is 0 Å². The van der Waals surface area contributed by atoms with Crippen molar-refractivity contribution in [2.75, 3.05) is 26.2 Å². The van der Waals surface area contributed by atoms with Crippen LogP contribution < -0.4 is 16.8 Å². The van der Waals surface area contributed by atoms with E-state index in [-0.39, 0.29) is 59.9 Å². The van der Waals surface area contributed by atoms with Crippen LogP contribution in [0.5, 0.6) is 0 Å². The minimum atomic E-state index is 0. The molecule has 0 spiro atoms. The number of rotatable bonds is 20. The van der Waals surface area contributed by atoms with Crippen molar-refractivity contribution < 1.29 is 0 Å². The lowest BCUT2D eigenvalue weighted by Gasteiger charge is -2.34. The Morgan fingerprint density at radius 1 is 0.513 bits per heavy atom. The fourth-order valence-electron chi connectivity index (χ4n) is 6.39. The zero-order chi connectivity index (χ0) is 26.6. The fourth-order valence-corrected chi connectivity index (χ4v) is 6.39. The minimum Gasteiger partial charge on any atom is -0.370 e. The second kappa shape index (κ2) is 25.7. The van der Waals surface area contributed by atoms with Crippen LogP contribution in [0.1, 0.15) is 141 Å². The van der Waals surface area contributed by atoms with Gasteiger partial charge in [-0.3, -0.25) is 10.8 Å². The molecule has 2 fully saturated rings. The van der Waals surface area contributed by atoms with Crippen LogP contribution in [0.3, 0.4) is 0 Å². The van der Waals surface area contributed by atoms with E-state index in [1.165, 1.54) is 141 Å². The van der Waals surface area contributed by atoms with E-state index in [9.17, 15) is 0 Å². The van der Waals surface area contributed by atoms with Crippen LogP contribution in [0.25, 0.3) is 0 Å². The van der Waals surface area contributed by atoms with Crippen LogP contribution in [0.15, 0.2) is 0 Å². The number of hydrogen-bond acceptors (Lipinski definition) is 3. The highest BCUT2D eigenvalue weighted by Crippen LogP contribution is 2.24. The number of nitrogens with zero attached hydrogens (tertiary/aromatic N) is 2. The number of guanidine groups is 2. The van der Waals surface area contributed by atoms with E-state index in [0.717, 1.165) is 26.2 Å². The van der Waals surface area contributed by atoms with Crippen molar-refractivity contribution in [3.8, 4) is 0 Å². The quantitative estimate of drug-likeness (QED) is 0.0379. The first kappa shape index (κ1) is 39.0. The summed E-state index contributed by atoms with van der Waals surface area (Å²) in [5.41, 5.74) is 11.7. The Hall–Kier alpha value is -0.0400. The molecule has 2 aliphatic rings. The summed E-state index contributed by atoms with van der Waals surface area (Å²) >= 11 is 0. The fraction of sp³-hybridized carbons (Fsp3) is 0.933. The van der Waals surface area contributed by atoms with E-state index in [1.807, 2.05) is 0 Å². The summed E-state index contributed by atoms with van der Waals surface area (Å²) in [5, 5.41) is 19.5. The Bertz CT molecular complexity index is 546. The van der Waals surface area contributed by atoms with Crippen molar-refractivity contribution in [1.82, 2.24) is 15.1 Å². The van der Waals surface area contributed by atoms with Crippen molar-refractivity contribution >= 4 is 59.9 Å². The van der Waals surface area contributed by atoms with Crippen molar-refractivity contribution in [3.05, 3.63) is 0 Å². The Labute approximate surface area is 275 Å². The second-order valence-electron chi connectivity index (χ2n) is 11.7. The summed E-state index contributed by atoms with van der Waals surface area (Å²) < 4.78 is 0. The molecule has 0 atom stereocenters. The van der Waals surface area contributed by atoms with E-state index in [2.05, 4.69) is 15.1 Å². The molecule has 0 heterocycles. The molecule has 7 N–H and O–H groups in total. The highest BCUT2D eigenvalue weighted by atomic mass is 127. The van der Waals surface area contributed by atoms with Gasteiger partial charge in [-0.05, 0) is 64.5 Å². The monoisotopic (exact) mass is 775 g/mol. The highest BCUT2D eigenvalue weighted by molar-refractivity contribution is 14.0. The minimum absolute atomic E-state index is 0. The molecule has 0 aromatic rings. The molecule has 0 amide bonds. The molecule has 0 bridgehead atoms. The molecule has 0 aliphatic heterocycles. The van der Waals surface area contributed by atoms with Gasteiger partial charge >= 0.3 is 0 Å². The molecular weight excluding hydrogens is 712 g/mol. The molecule has 2 rings (SSSR count). The molecular formula is C30H63I2N7. The van der Waals surface area contributed by atoms with E-state index < -0.39 is 0 Å². The largest absolute Gasteiger partial charge is 0.370 e. The van der Waals surface area contributed by atoms with E-state index in [4.69, 9.17) is 22.3 Å². The molecule has 2 aliphatic carbocycles. The van der Waals surface area contributed by atoms with Gasteiger partial charge in [0.15, 0.2) is 11.9 Å². The van der Waals surface area contributed by atoms with Crippen LogP contribution in [0.2, 0.25) is 0 Å². The van der Waals surface area contributed by atoms with Gasteiger partial charge in [-0.2, -0.15) is 0 Å². The Kier molecular flexibility index (Phi) is 25.6. The van der Waals surface area contributed by atoms with Gasteiger partial charge in [-0.25, -0.2) is 0 Å². The van der Waals surface area contributed by atoms with Crippen LogP contribution in [0.4, 0.5) is 0 Å². The van der Waals surface area contributed by atoms with Crippen LogP contribution in [-0.4, -0.2) is 60.0 Å². The average Bonchev–Trinajstić information content (AvgIpc) is 2.90. The predicted octanol–water partition coefficient (Wildman–Crippen LogP) is 7.55. The summed E-state index contributed by atoms with van der Waals surface area (Å²) in [6.07, 6.45) is 28.1. The smallest absolute Gasteiger partial charge is 0.188 e. The number of nitrogens with two attached hydrogens (primary N) is 2. The maximum absolute atomic E-state index is 7.92. The zero-order valence-electron chi connectivity index (χ0n) is 24.9. The summed E-state index contributed by atoms with van der Waals surface area (Å²) in [6, 6.07) is 1.04. The summed E-state index contributed by atoms with van der Waals surface area (Å²) in [4.78, 5) is 4.34. The van der Waals surface area contributed by atoms with Crippen molar-refractivity contribution in [3.63, 3.8) is 0 Å². The number of nitrogens with one attached hydrogen (secondary N) is 3. The van der Waals surface area contributed by atoms with Crippen molar-refractivity contribution in [1.29, 1.82) is 10.8 Å². The third-order valence-corrected chi connectivity index (χ3v) is 8.65. The molecule has 9 heteroatoms. The first-order valence-corrected chi connectivity index (χ1v) is 16.0. The molecule has 7 nitrogen and oxygen atoms in total. The molecule has 0 radical (unpaired) electrons. The van der Waals surface area contributed by atoms with Gasteiger partial charge in [-0.15, -0.1) is 48.0 Å². The van der Waals surface area contributed by atoms with Crippen LogP contribution >= 0.6 is 48.0 Å². The van der Waals surface area contributed by atoms with Gasteiger partial charge in [0.1, 0.15) is 0 Å². The van der Waals surface area contributed by atoms with E-state index in [1.54, 1.807) is 0 Å². The Morgan fingerprint density at radius 2 is 0.821 bits per heavy atom. The maximum Gasteiger partial charge on any atom is 0.188 e. The first-order valence-electron chi connectivity index (χ1n) is 16.0. The van der Waals surface area contributed by atoms with Gasteiger partial charge < -0.3 is 26.6 Å². The summed E-state index contributed by atoms with van der Waals surface area (Å²) in [5.74, 6) is 0.563. The molecule has 0 saturated heterocycles. The standard InChI is InChI=1S/C30H61N7.2HI/c31-29(32)36(27-19-11-9-12-20-27)25-17-7-3-1-5-15-23-35-24-16-6-2-4-8-18-26-37(30(33)34)28-21-13-10-14-22-28;;/h27-28,35H,1-26H2,(H3,31,32)(H3,33,34);2*1H. The molecule has 232 valence electrons. The third kappa shape index (κ3) is 18.2. The molecule has 2 saturated carbocycles. The lowest BCUT2D eigenvalue weighted by Crippen LogP contribution is -2.45. The highest BCUT2D eigenvalue weighted by Gasteiger charge is 2.22. The van der Waals surface area contributed by atoms with Gasteiger partial charge in [-0.1, -0.05) is 89.9 Å². The third-order valence-electron chi connectivity index (χ3n) is 8.65. The average molecular weight is 776 g/mol. The molecule has 39 heavy (non-hydrogen) atoms. The van der Waals surface area contributed by atoms with E-state index in [0.29, 0.717) is 12.1 Å². The Morgan fingerprint density at radius 3 is 1.15 bits per heavy atom. The zero-order valence-corrected chi connectivity index (χ0v) is 29.6.